The van der Waals surface area contributed by atoms with Gasteiger partial charge in [-0.2, -0.15) is 5.10 Å². The molecule has 0 unspecified atom stereocenters. The molecule has 2 heterocycles. The largest absolute Gasteiger partial charge is 0.351 e. The molecule has 2 N–H and O–H groups in total. The van der Waals surface area contributed by atoms with Gasteiger partial charge in [-0.05, 0) is 32.1 Å². The van der Waals surface area contributed by atoms with Crippen molar-refractivity contribution in [1.29, 1.82) is 0 Å². The maximum Gasteiger partial charge on any atom is 0.272 e. The zero-order chi connectivity index (χ0) is 20.5. The molecule has 1 saturated carbocycles. The van der Waals surface area contributed by atoms with Crippen molar-refractivity contribution in [1.82, 2.24) is 25.3 Å². The number of rotatable bonds is 6. The summed E-state index contributed by atoms with van der Waals surface area (Å²) in [6.07, 6.45) is 5.07. The zero-order valence-electron chi connectivity index (χ0n) is 17.2. The van der Waals surface area contributed by atoms with Gasteiger partial charge < -0.3 is 15.5 Å². The standard InChI is InChI=1S/C20H31N5O3/c1-13(2)9-10-21-17(26)15-11-16-18(27)24(4)20(3,12-25(16)23-15)19(28)22-14-7-5-6-8-14/h11,13-14H,5-10,12H2,1-4H3,(H,21,26)(H,22,28)/t20-/m1/s1. The van der Waals surface area contributed by atoms with E-state index in [0.29, 0.717) is 18.2 Å². The predicted octanol–water partition coefficient (Wildman–Crippen LogP) is 1.56. The molecule has 0 aromatic carbocycles. The van der Waals surface area contributed by atoms with E-state index in [2.05, 4.69) is 29.6 Å². The molecule has 1 aliphatic carbocycles. The lowest BCUT2D eigenvalue weighted by molar-refractivity contribution is -0.133. The molecule has 1 aliphatic heterocycles. The molecule has 3 rings (SSSR count). The molecule has 8 heteroatoms. The summed E-state index contributed by atoms with van der Waals surface area (Å²) >= 11 is 0. The second-order valence-electron chi connectivity index (χ2n) is 8.60. The third-order valence-corrected chi connectivity index (χ3v) is 5.92. The predicted molar refractivity (Wildman–Crippen MR) is 105 cm³/mol. The highest BCUT2D eigenvalue weighted by atomic mass is 16.2. The second-order valence-corrected chi connectivity index (χ2v) is 8.60. The molecule has 1 aromatic heterocycles. The van der Waals surface area contributed by atoms with E-state index in [1.165, 1.54) is 15.6 Å². The lowest BCUT2D eigenvalue weighted by atomic mass is 9.95. The van der Waals surface area contributed by atoms with Crippen molar-refractivity contribution in [2.75, 3.05) is 13.6 Å². The summed E-state index contributed by atoms with van der Waals surface area (Å²) in [6.45, 7) is 6.72. The summed E-state index contributed by atoms with van der Waals surface area (Å²) < 4.78 is 1.49. The first-order chi connectivity index (χ1) is 13.2. The van der Waals surface area contributed by atoms with Crippen LogP contribution in [0.3, 0.4) is 0 Å². The van der Waals surface area contributed by atoms with Gasteiger partial charge in [0.1, 0.15) is 11.2 Å². The average molecular weight is 390 g/mol. The first kappa shape index (κ1) is 20.4. The van der Waals surface area contributed by atoms with Crippen molar-refractivity contribution in [2.24, 2.45) is 5.92 Å². The molecule has 1 fully saturated rings. The van der Waals surface area contributed by atoms with Crippen molar-refractivity contribution < 1.29 is 14.4 Å². The molecule has 1 aromatic rings. The van der Waals surface area contributed by atoms with Gasteiger partial charge in [0.05, 0.1) is 6.54 Å². The maximum absolute atomic E-state index is 13.0. The van der Waals surface area contributed by atoms with Gasteiger partial charge in [-0.25, -0.2) is 0 Å². The monoisotopic (exact) mass is 389 g/mol. The van der Waals surface area contributed by atoms with Gasteiger partial charge in [0.2, 0.25) is 5.91 Å². The average Bonchev–Trinajstić information content (AvgIpc) is 3.29. The number of nitrogens with zero attached hydrogens (tertiary/aromatic N) is 3. The van der Waals surface area contributed by atoms with Crippen molar-refractivity contribution in [3.8, 4) is 0 Å². The number of hydrogen-bond acceptors (Lipinski definition) is 4. The quantitative estimate of drug-likeness (QED) is 0.772. The Kier molecular flexibility index (Phi) is 5.76. The van der Waals surface area contributed by atoms with E-state index in [1.54, 1.807) is 14.0 Å². The van der Waals surface area contributed by atoms with Crippen LogP contribution in [0.1, 0.15) is 73.9 Å². The van der Waals surface area contributed by atoms with Gasteiger partial charge in [-0.3, -0.25) is 19.1 Å². The fourth-order valence-electron chi connectivity index (χ4n) is 3.81. The molecule has 3 amide bonds. The Morgan fingerprint density at radius 1 is 1.32 bits per heavy atom. The lowest BCUT2D eigenvalue weighted by Crippen LogP contribution is -2.63. The minimum Gasteiger partial charge on any atom is -0.351 e. The number of carbonyl (C=O) groups is 3. The molecule has 0 spiro atoms. The van der Waals surface area contributed by atoms with Crippen LogP contribution in [-0.2, 0) is 11.3 Å². The van der Waals surface area contributed by atoms with Crippen molar-refractivity contribution in [3.63, 3.8) is 0 Å². The molecule has 0 bridgehead atoms. The topological polar surface area (TPSA) is 96.3 Å². The SMILES string of the molecule is CC(C)CCNC(=O)c1cc2n(n1)C[C@](C)(C(=O)NC1CCCC1)N(C)C2=O. The first-order valence-corrected chi connectivity index (χ1v) is 10.2. The molecular weight excluding hydrogens is 358 g/mol. The zero-order valence-corrected chi connectivity index (χ0v) is 17.2. The van der Waals surface area contributed by atoms with Crippen molar-refractivity contribution in [2.45, 2.75) is 71.0 Å². The Balaban J connectivity index is 1.75. The van der Waals surface area contributed by atoms with E-state index in [-0.39, 0.29) is 36.0 Å². The Labute approximate surface area is 166 Å². The molecule has 8 nitrogen and oxygen atoms in total. The number of carbonyl (C=O) groups excluding carboxylic acids is 3. The number of nitrogens with one attached hydrogen (secondary N) is 2. The van der Waals surface area contributed by atoms with Crippen LogP contribution in [0, 0.1) is 5.92 Å². The first-order valence-electron chi connectivity index (χ1n) is 10.2. The van der Waals surface area contributed by atoms with Crippen LogP contribution in [0.15, 0.2) is 6.07 Å². The molecule has 28 heavy (non-hydrogen) atoms. The van der Waals surface area contributed by atoms with Crippen LogP contribution < -0.4 is 10.6 Å². The van der Waals surface area contributed by atoms with Gasteiger partial charge in [0.25, 0.3) is 11.8 Å². The van der Waals surface area contributed by atoms with Crippen LogP contribution in [0.5, 0.6) is 0 Å². The number of amides is 3. The van der Waals surface area contributed by atoms with Gasteiger partial charge in [0.15, 0.2) is 5.69 Å². The summed E-state index contributed by atoms with van der Waals surface area (Å²) in [5.74, 6) is -0.275. The van der Waals surface area contributed by atoms with E-state index in [9.17, 15) is 14.4 Å². The van der Waals surface area contributed by atoms with Crippen LogP contribution in [0.4, 0.5) is 0 Å². The van der Waals surface area contributed by atoms with Crippen LogP contribution in [0.2, 0.25) is 0 Å². The third-order valence-electron chi connectivity index (χ3n) is 5.92. The van der Waals surface area contributed by atoms with E-state index in [1.807, 2.05) is 0 Å². The van der Waals surface area contributed by atoms with Crippen molar-refractivity contribution >= 4 is 17.7 Å². The second kappa shape index (κ2) is 7.93. The number of fused-ring (bicyclic) bond motifs is 1. The minimum atomic E-state index is -1.04. The van der Waals surface area contributed by atoms with Gasteiger partial charge in [0, 0.05) is 25.7 Å². The van der Waals surface area contributed by atoms with E-state index in [0.717, 1.165) is 32.1 Å². The van der Waals surface area contributed by atoms with E-state index < -0.39 is 5.54 Å². The summed E-state index contributed by atoms with van der Waals surface area (Å²) in [5.41, 5.74) is -0.493. The molecule has 154 valence electrons. The maximum atomic E-state index is 13.0. The number of aromatic nitrogens is 2. The normalized spacial score (nSPS) is 22.5. The summed E-state index contributed by atoms with van der Waals surface area (Å²) in [5, 5.41) is 10.2. The van der Waals surface area contributed by atoms with Gasteiger partial charge >= 0.3 is 0 Å². The van der Waals surface area contributed by atoms with Crippen LogP contribution in [-0.4, -0.2) is 57.6 Å². The van der Waals surface area contributed by atoms with E-state index in [4.69, 9.17) is 0 Å². The fraction of sp³-hybridized carbons (Fsp3) is 0.700. The van der Waals surface area contributed by atoms with Crippen molar-refractivity contribution in [3.05, 3.63) is 17.5 Å². The Morgan fingerprint density at radius 2 is 2.00 bits per heavy atom. The highest BCUT2D eigenvalue weighted by Crippen LogP contribution is 2.27. The molecular formula is C20H31N5O3. The smallest absolute Gasteiger partial charge is 0.272 e. The van der Waals surface area contributed by atoms with Gasteiger partial charge in [-0.15, -0.1) is 0 Å². The number of hydrogen-bond donors (Lipinski definition) is 2. The highest BCUT2D eigenvalue weighted by Gasteiger charge is 2.46. The van der Waals surface area contributed by atoms with Crippen LogP contribution in [0.25, 0.3) is 0 Å². The van der Waals surface area contributed by atoms with Crippen LogP contribution >= 0.6 is 0 Å². The highest BCUT2D eigenvalue weighted by molar-refractivity contribution is 6.01. The minimum absolute atomic E-state index is 0.167. The third kappa shape index (κ3) is 3.91. The lowest BCUT2D eigenvalue weighted by Gasteiger charge is -2.41. The molecule has 0 radical (unpaired) electrons. The Morgan fingerprint density at radius 3 is 2.64 bits per heavy atom. The summed E-state index contributed by atoms with van der Waals surface area (Å²) in [7, 11) is 1.63. The molecule has 2 aliphatic rings. The summed E-state index contributed by atoms with van der Waals surface area (Å²) in [6, 6.07) is 1.69. The summed E-state index contributed by atoms with van der Waals surface area (Å²) in [4.78, 5) is 39.7. The van der Waals surface area contributed by atoms with E-state index >= 15 is 0 Å². The molecule has 1 atom stereocenters. The number of likely N-dealkylation sites (N-methyl/N-ethyl adjacent to an activating group) is 1. The van der Waals surface area contributed by atoms with Gasteiger partial charge in [-0.1, -0.05) is 26.7 Å². The molecule has 0 saturated heterocycles. The fourth-order valence-corrected chi connectivity index (χ4v) is 3.81. The Hall–Kier alpha value is -2.38. The Bertz CT molecular complexity index is 766.